The SMILES string of the molecule is CCOC(=O)N(CC1CCCCC1)C1CC1. The number of rotatable bonds is 4. The van der Waals surface area contributed by atoms with Gasteiger partial charge >= 0.3 is 6.09 Å². The van der Waals surface area contributed by atoms with Crippen molar-refractivity contribution >= 4 is 6.09 Å². The van der Waals surface area contributed by atoms with E-state index in [4.69, 9.17) is 4.74 Å². The van der Waals surface area contributed by atoms with Gasteiger partial charge in [0.2, 0.25) is 0 Å². The van der Waals surface area contributed by atoms with Crippen molar-refractivity contribution in [1.82, 2.24) is 4.90 Å². The minimum absolute atomic E-state index is 0.0874. The van der Waals surface area contributed by atoms with Gasteiger partial charge in [0.05, 0.1) is 6.61 Å². The quantitative estimate of drug-likeness (QED) is 0.735. The van der Waals surface area contributed by atoms with E-state index < -0.39 is 0 Å². The fourth-order valence-corrected chi connectivity index (χ4v) is 2.61. The molecular formula is C13H23NO2. The molecule has 0 aromatic rings. The molecule has 16 heavy (non-hydrogen) atoms. The summed E-state index contributed by atoms with van der Waals surface area (Å²) in [5.41, 5.74) is 0. The number of carbonyl (C=O) groups excluding carboxylic acids is 1. The van der Waals surface area contributed by atoms with Crippen LogP contribution in [0.15, 0.2) is 0 Å². The van der Waals surface area contributed by atoms with Crippen molar-refractivity contribution in [3.8, 4) is 0 Å². The molecule has 0 spiro atoms. The number of nitrogens with zero attached hydrogens (tertiary/aromatic N) is 1. The van der Waals surface area contributed by atoms with Crippen LogP contribution in [-0.2, 0) is 4.74 Å². The zero-order chi connectivity index (χ0) is 11.4. The number of hydrogen-bond donors (Lipinski definition) is 0. The van der Waals surface area contributed by atoms with Crippen LogP contribution in [0, 0.1) is 5.92 Å². The van der Waals surface area contributed by atoms with Crippen molar-refractivity contribution < 1.29 is 9.53 Å². The van der Waals surface area contributed by atoms with Gasteiger partial charge in [-0.25, -0.2) is 4.79 Å². The van der Waals surface area contributed by atoms with E-state index in [1.54, 1.807) is 0 Å². The van der Waals surface area contributed by atoms with E-state index in [0.717, 1.165) is 12.5 Å². The van der Waals surface area contributed by atoms with E-state index in [1.165, 1.54) is 44.9 Å². The fourth-order valence-electron chi connectivity index (χ4n) is 2.61. The van der Waals surface area contributed by atoms with Gasteiger partial charge in [-0.2, -0.15) is 0 Å². The van der Waals surface area contributed by atoms with E-state index >= 15 is 0 Å². The van der Waals surface area contributed by atoms with Crippen LogP contribution in [0.4, 0.5) is 4.79 Å². The average molecular weight is 225 g/mol. The summed E-state index contributed by atoms with van der Waals surface area (Å²) in [7, 11) is 0. The lowest BCUT2D eigenvalue weighted by Gasteiger charge is -2.29. The fraction of sp³-hybridized carbons (Fsp3) is 0.923. The molecule has 2 saturated carbocycles. The zero-order valence-corrected chi connectivity index (χ0v) is 10.3. The maximum Gasteiger partial charge on any atom is 0.410 e. The van der Waals surface area contributed by atoms with Crippen molar-refractivity contribution in [3.05, 3.63) is 0 Å². The van der Waals surface area contributed by atoms with Crippen molar-refractivity contribution in [2.75, 3.05) is 13.2 Å². The van der Waals surface area contributed by atoms with Crippen molar-refractivity contribution in [1.29, 1.82) is 0 Å². The number of amides is 1. The second-order valence-corrected chi connectivity index (χ2v) is 5.09. The van der Waals surface area contributed by atoms with Gasteiger partial charge in [0, 0.05) is 12.6 Å². The summed E-state index contributed by atoms with van der Waals surface area (Å²) in [6, 6.07) is 0.487. The topological polar surface area (TPSA) is 29.5 Å². The monoisotopic (exact) mass is 225 g/mol. The molecule has 92 valence electrons. The first-order valence-corrected chi connectivity index (χ1v) is 6.74. The van der Waals surface area contributed by atoms with Crippen LogP contribution in [0.1, 0.15) is 51.9 Å². The standard InChI is InChI=1S/C13H23NO2/c1-2-16-13(15)14(12-8-9-12)10-11-6-4-3-5-7-11/h11-12H,2-10H2,1H3. The van der Waals surface area contributed by atoms with E-state index in [-0.39, 0.29) is 6.09 Å². The minimum Gasteiger partial charge on any atom is -0.450 e. The van der Waals surface area contributed by atoms with Gasteiger partial charge in [-0.3, -0.25) is 0 Å². The molecule has 0 N–H and O–H groups in total. The first-order valence-electron chi connectivity index (χ1n) is 6.74. The summed E-state index contributed by atoms with van der Waals surface area (Å²) in [6.45, 7) is 3.31. The van der Waals surface area contributed by atoms with E-state index in [2.05, 4.69) is 0 Å². The van der Waals surface area contributed by atoms with Gasteiger partial charge in [0.25, 0.3) is 0 Å². The molecule has 0 atom stereocenters. The van der Waals surface area contributed by atoms with Crippen LogP contribution in [0.2, 0.25) is 0 Å². The lowest BCUT2D eigenvalue weighted by Crippen LogP contribution is -2.38. The zero-order valence-electron chi connectivity index (χ0n) is 10.3. The van der Waals surface area contributed by atoms with Crippen molar-refractivity contribution in [2.24, 2.45) is 5.92 Å². The third-order valence-electron chi connectivity index (χ3n) is 3.67. The van der Waals surface area contributed by atoms with Crippen LogP contribution in [0.3, 0.4) is 0 Å². The molecule has 0 radical (unpaired) electrons. The molecule has 3 nitrogen and oxygen atoms in total. The maximum atomic E-state index is 11.8. The van der Waals surface area contributed by atoms with Crippen LogP contribution in [0.5, 0.6) is 0 Å². The van der Waals surface area contributed by atoms with E-state index in [0.29, 0.717) is 12.6 Å². The number of ether oxygens (including phenoxy) is 1. The molecule has 2 rings (SSSR count). The van der Waals surface area contributed by atoms with Gasteiger partial charge in [-0.15, -0.1) is 0 Å². The van der Waals surface area contributed by atoms with Crippen LogP contribution >= 0.6 is 0 Å². The lowest BCUT2D eigenvalue weighted by molar-refractivity contribution is 0.0938. The molecule has 0 aromatic carbocycles. The molecule has 0 aromatic heterocycles. The predicted octanol–water partition coefficient (Wildman–Crippen LogP) is 3.19. The highest BCUT2D eigenvalue weighted by Crippen LogP contribution is 2.31. The highest BCUT2D eigenvalue weighted by Gasteiger charge is 2.34. The first kappa shape index (κ1) is 11.7. The van der Waals surface area contributed by atoms with Crippen molar-refractivity contribution in [3.63, 3.8) is 0 Å². The lowest BCUT2D eigenvalue weighted by atomic mass is 9.89. The van der Waals surface area contributed by atoms with Gasteiger partial charge in [-0.1, -0.05) is 19.3 Å². The Kier molecular flexibility index (Phi) is 4.08. The molecule has 0 aliphatic heterocycles. The van der Waals surface area contributed by atoms with Crippen LogP contribution < -0.4 is 0 Å². The summed E-state index contributed by atoms with van der Waals surface area (Å²) in [5.74, 6) is 0.721. The summed E-state index contributed by atoms with van der Waals surface area (Å²) in [4.78, 5) is 13.8. The minimum atomic E-state index is -0.0874. The third-order valence-corrected chi connectivity index (χ3v) is 3.67. The van der Waals surface area contributed by atoms with Gasteiger partial charge in [0.15, 0.2) is 0 Å². The second-order valence-electron chi connectivity index (χ2n) is 5.09. The summed E-state index contributed by atoms with van der Waals surface area (Å²) in [5, 5.41) is 0. The highest BCUT2D eigenvalue weighted by atomic mass is 16.6. The molecule has 0 bridgehead atoms. The molecule has 0 unspecified atom stereocenters. The molecule has 0 saturated heterocycles. The Balaban J connectivity index is 1.83. The van der Waals surface area contributed by atoms with Crippen LogP contribution in [-0.4, -0.2) is 30.2 Å². The average Bonchev–Trinajstić information content (AvgIpc) is 3.11. The molecule has 2 aliphatic carbocycles. The highest BCUT2D eigenvalue weighted by molar-refractivity contribution is 5.68. The van der Waals surface area contributed by atoms with Gasteiger partial charge in [0.1, 0.15) is 0 Å². The molecular weight excluding hydrogens is 202 g/mol. The smallest absolute Gasteiger partial charge is 0.410 e. The Hall–Kier alpha value is -0.730. The molecule has 3 heteroatoms. The Morgan fingerprint density at radius 1 is 1.19 bits per heavy atom. The normalized spacial score (nSPS) is 21.8. The largest absolute Gasteiger partial charge is 0.450 e. The Morgan fingerprint density at radius 3 is 2.44 bits per heavy atom. The summed E-state index contributed by atoms with van der Waals surface area (Å²) in [6.07, 6.45) is 8.90. The van der Waals surface area contributed by atoms with Gasteiger partial charge < -0.3 is 9.64 Å². The maximum absolute atomic E-state index is 11.8. The number of carbonyl (C=O) groups is 1. The predicted molar refractivity (Wildman–Crippen MR) is 63.3 cm³/mol. The summed E-state index contributed by atoms with van der Waals surface area (Å²) >= 11 is 0. The van der Waals surface area contributed by atoms with Gasteiger partial charge in [-0.05, 0) is 38.5 Å². The third kappa shape index (κ3) is 3.13. The Morgan fingerprint density at radius 2 is 1.88 bits per heavy atom. The number of hydrogen-bond acceptors (Lipinski definition) is 2. The molecule has 2 aliphatic rings. The second kappa shape index (κ2) is 5.55. The molecule has 2 fully saturated rings. The van der Waals surface area contributed by atoms with E-state index in [1.807, 2.05) is 11.8 Å². The first-order chi connectivity index (χ1) is 7.81. The summed E-state index contributed by atoms with van der Waals surface area (Å²) < 4.78 is 5.13. The molecule has 0 heterocycles. The Labute approximate surface area is 98.1 Å². The Bertz CT molecular complexity index is 232. The van der Waals surface area contributed by atoms with Crippen LogP contribution in [0.25, 0.3) is 0 Å². The van der Waals surface area contributed by atoms with Crippen molar-refractivity contribution in [2.45, 2.75) is 57.9 Å². The van der Waals surface area contributed by atoms with E-state index in [9.17, 15) is 4.79 Å². The molecule has 1 amide bonds.